The molecule has 0 aliphatic carbocycles. The predicted octanol–water partition coefficient (Wildman–Crippen LogP) is 9.77. The van der Waals surface area contributed by atoms with Crippen molar-refractivity contribution in [3.8, 4) is 11.1 Å². The monoisotopic (exact) mass is 452 g/mol. The average Bonchev–Trinajstić information content (AvgIpc) is 2.87. The molecule has 2 heteroatoms. The zero-order valence-electron chi connectivity index (χ0n) is 21.4. The molecule has 0 saturated heterocycles. The van der Waals surface area contributed by atoms with Crippen molar-refractivity contribution >= 4 is 5.97 Å². The molecule has 0 aliphatic heterocycles. The number of unbranched alkanes of at least 4 members (excludes halogenated alkanes) is 14. The van der Waals surface area contributed by atoms with Gasteiger partial charge in [0.1, 0.15) is 0 Å². The summed E-state index contributed by atoms with van der Waals surface area (Å²) in [5, 5.41) is 0. The Kier molecular flexibility index (Phi) is 19.1. The van der Waals surface area contributed by atoms with Crippen LogP contribution in [0.15, 0.2) is 60.7 Å². The smallest absolute Gasteiger partial charge is 0.305 e. The second-order valence-corrected chi connectivity index (χ2v) is 9.01. The van der Waals surface area contributed by atoms with Gasteiger partial charge in [-0.2, -0.15) is 0 Å². The molecule has 0 N–H and O–H groups in total. The quantitative estimate of drug-likeness (QED) is 0.176. The molecule has 0 atom stereocenters. The SMILES string of the molecule is CCCCCCCCCCCCCCCCCC(=O)OC.c1ccc(-c2ccccc2)cc1. The number of hydrogen-bond donors (Lipinski definition) is 0. The number of methoxy groups -OCH3 is 1. The summed E-state index contributed by atoms with van der Waals surface area (Å²) in [6, 6.07) is 20.8. The first kappa shape index (κ1) is 28.9. The van der Waals surface area contributed by atoms with Gasteiger partial charge in [-0.3, -0.25) is 4.79 Å². The average molecular weight is 453 g/mol. The van der Waals surface area contributed by atoms with Crippen molar-refractivity contribution in [2.45, 2.75) is 110 Å². The first-order valence-electron chi connectivity index (χ1n) is 13.4. The molecule has 0 saturated carbocycles. The Balaban J connectivity index is 0.000000377. The van der Waals surface area contributed by atoms with Gasteiger partial charge in [0.25, 0.3) is 0 Å². The Bertz CT molecular complexity index is 628. The van der Waals surface area contributed by atoms with Gasteiger partial charge in [-0.15, -0.1) is 0 Å². The van der Waals surface area contributed by atoms with Crippen LogP contribution in [0.1, 0.15) is 110 Å². The van der Waals surface area contributed by atoms with E-state index in [1.807, 2.05) is 12.1 Å². The van der Waals surface area contributed by atoms with Crippen molar-refractivity contribution in [3.63, 3.8) is 0 Å². The van der Waals surface area contributed by atoms with E-state index in [-0.39, 0.29) is 5.97 Å². The lowest BCUT2D eigenvalue weighted by atomic mass is 10.0. The number of ether oxygens (including phenoxy) is 1. The van der Waals surface area contributed by atoms with Gasteiger partial charge in [0.2, 0.25) is 0 Å². The summed E-state index contributed by atoms with van der Waals surface area (Å²) in [4.78, 5) is 10.9. The van der Waals surface area contributed by atoms with E-state index in [9.17, 15) is 4.79 Å². The summed E-state index contributed by atoms with van der Waals surface area (Å²) in [5.41, 5.74) is 2.55. The first-order chi connectivity index (χ1) is 16.3. The molecule has 184 valence electrons. The Labute approximate surface area is 204 Å². The summed E-state index contributed by atoms with van der Waals surface area (Å²) >= 11 is 0. The van der Waals surface area contributed by atoms with Crippen LogP contribution in [0.2, 0.25) is 0 Å². The van der Waals surface area contributed by atoms with E-state index in [1.165, 1.54) is 108 Å². The second kappa shape index (κ2) is 21.7. The van der Waals surface area contributed by atoms with Crippen LogP contribution in [0.3, 0.4) is 0 Å². The second-order valence-electron chi connectivity index (χ2n) is 9.01. The molecule has 33 heavy (non-hydrogen) atoms. The molecule has 0 amide bonds. The Morgan fingerprint density at radius 1 is 0.545 bits per heavy atom. The molecule has 2 rings (SSSR count). The van der Waals surface area contributed by atoms with Crippen LogP contribution < -0.4 is 0 Å². The van der Waals surface area contributed by atoms with E-state index in [1.54, 1.807) is 0 Å². The van der Waals surface area contributed by atoms with Gasteiger partial charge in [-0.25, -0.2) is 0 Å². The third-order valence-electron chi connectivity index (χ3n) is 6.09. The molecule has 2 aromatic carbocycles. The molecule has 0 bridgehead atoms. The Morgan fingerprint density at radius 3 is 1.21 bits per heavy atom. The Hall–Kier alpha value is -2.09. The zero-order chi connectivity index (χ0) is 23.8. The highest BCUT2D eigenvalue weighted by Gasteiger charge is 1.99. The molecule has 0 aliphatic rings. The third-order valence-corrected chi connectivity index (χ3v) is 6.09. The van der Waals surface area contributed by atoms with Crippen LogP contribution in [0.4, 0.5) is 0 Å². The van der Waals surface area contributed by atoms with E-state index >= 15 is 0 Å². The lowest BCUT2D eigenvalue weighted by Crippen LogP contribution is -1.99. The van der Waals surface area contributed by atoms with Crippen molar-refractivity contribution in [1.29, 1.82) is 0 Å². The molecule has 2 nitrogen and oxygen atoms in total. The zero-order valence-corrected chi connectivity index (χ0v) is 21.4. The number of carbonyl (C=O) groups excluding carboxylic acids is 1. The topological polar surface area (TPSA) is 26.3 Å². The highest BCUT2D eigenvalue weighted by atomic mass is 16.5. The summed E-state index contributed by atoms with van der Waals surface area (Å²) in [6.07, 6.45) is 20.9. The highest BCUT2D eigenvalue weighted by Crippen LogP contribution is 2.17. The third kappa shape index (κ3) is 17.1. The van der Waals surface area contributed by atoms with Crippen LogP contribution in [0.25, 0.3) is 11.1 Å². The normalized spacial score (nSPS) is 10.4. The molecular weight excluding hydrogens is 404 g/mol. The maximum atomic E-state index is 10.9. The number of benzene rings is 2. The predicted molar refractivity (Wildman–Crippen MR) is 143 cm³/mol. The van der Waals surface area contributed by atoms with Gasteiger partial charge in [-0.1, -0.05) is 157 Å². The van der Waals surface area contributed by atoms with Crippen molar-refractivity contribution in [2.24, 2.45) is 0 Å². The standard InChI is InChI=1S/C19H38O2.C12H10/c1-3-4-5-6-7-8-9-10-11-12-13-14-15-16-17-18-19(20)21-2;1-3-7-11(8-4-1)12-9-5-2-6-10-12/h3-18H2,1-2H3;1-10H. The Morgan fingerprint density at radius 2 is 0.879 bits per heavy atom. The lowest BCUT2D eigenvalue weighted by Gasteiger charge is -2.03. The highest BCUT2D eigenvalue weighted by molar-refractivity contribution is 5.69. The van der Waals surface area contributed by atoms with Gasteiger partial charge in [0.15, 0.2) is 0 Å². The van der Waals surface area contributed by atoms with Crippen LogP contribution in [0, 0.1) is 0 Å². The van der Waals surface area contributed by atoms with Crippen molar-refractivity contribution in [3.05, 3.63) is 60.7 Å². The molecule has 0 fully saturated rings. The fourth-order valence-electron chi connectivity index (χ4n) is 4.00. The van der Waals surface area contributed by atoms with Crippen molar-refractivity contribution in [1.82, 2.24) is 0 Å². The van der Waals surface area contributed by atoms with Crippen LogP contribution >= 0.6 is 0 Å². The van der Waals surface area contributed by atoms with Crippen molar-refractivity contribution in [2.75, 3.05) is 7.11 Å². The number of esters is 1. The van der Waals surface area contributed by atoms with Gasteiger partial charge in [-0.05, 0) is 17.5 Å². The van der Waals surface area contributed by atoms with E-state index in [0.29, 0.717) is 6.42 Å². The lowest BCUT2D eigenvalue weighted by molar-refractivity contribution is -0.140. The summed E-state index contributed by atoms with van der Waals surface area (Å²) in [5.74, 6) is -0.0651. The molecule has 0 aromatic heterocycles. The minimum atomic E-state index is -0.0651. The molecule has 0 heterocycles. The fraction of sp³-hybridized carbons (Fsp3) is 0.581. The molecule has 0 unspecified atom stereocenters. The summed E-state index contributed by atoms with van der Waals surface area (Å²) < 4.78 is 4.63. The van der Waals surface area contributed by atoms with Gasteiger partial charge < -0.3 is 4.74 Å². The van der Waals surface area contributed by atoms with Crippen molar-refractivity contribution < 1.29 is 9.53 Å². The van der Waals surface area contributed by atoms with Crippen LogP contribution in [-0.2, 0) is 9.53 Å². The molecular formula is C31H48O2. The van der Waals surface area contributed by atoms with Gasteiger partial charge in [0.05, 0.1) is 7.11 Å². The molecule has 0 spiro atoms. The summed E-state index contributed by atoms with van der Waals surface area (Å²) in [7, 11) is 1.47. The molecule has 2 aromatic rings. The van der Waals surface area contributed by atoms with Gasteiger partial charge in [0, 0.05) is 6.42 Å². The van der Waals surface area contributed by atoms with E-state index in [0.717, 1.165) is 6.42 Å². The first-order valence-corrected chi connectivity index (χ1v) is 13.4. The van der Waals surface area contributed by atoms with E-state index in [4.69, 9.17) is 0 Å². The van der Waals surface area contributed by atoms with Gasteiger partial charge >= 0.3 is 5.97 Å². The minimum Gasteiger partial charge on any atom is -0.469 e. The molecule has 0 radical (unpaired) electrons. The number of hydrogen-bond acceptors (Lipinski definition) is 2. The number of rotatable bonds is 17. The van der Waals surface area contributed by atoms with E-state index < -0.39 is 0 Å². The summed E-state index contributed by atoms with van der Waals surface area (Å²) in [6.45, 7) is 2.28. The largest absolute Gasteiger partial charge is 0.469 e. The minimum absolute atomic E-state index is 0.0651. The van der Waals surface area contributed by atoms with E-state index in [2.05, 4.69) is 60.2 Å². The maximum Gasteiger partial charge on any atom is 0.305 e. The van der Waals surface area contributed by atoms with Crippen LogP contribution in [0.5, 0.6) is 0 Å². The maximum absolute atomic E-state index is 10.9. The van der Waals surface area contributed by atoms with Crippen LogP contribution in [-0.4, -0.2) is 13.1 Å². The number of carbonyl (C=O) groups is 1. The fourth-order valence-corrected chi connectivity index (χ4v) is 4.00.